The Morgan fingerprint density at radius 1 is 1.31 bits per heavy atom. The standard InChI is InChI=1S/C20H21BrN2O5S/c1-3-27-10-4-9-23-18(24)15-11-13(21)5-7-16(15)22-20(23)29-12-14-6-8-17(28-14)19(25)26-2/h5-8,11H,3-4,9-10,12H2,1-2H3. The quantitative estimate of drug-likeness (QED) is 0.196. The average Bonchev–Trinajstić information content (AvgIpc) is 3.20. The minimum absolute atomic E-state index is 0.0926. The molecule has 7 nitrogen and oxygen atoms in total. The fourth-order valence-electron chi connectivity index (χ4n) is 2.75. The third kappa shape index (κ3) is 5.29. The molecule has 0 aliphatic carbocycles. The molecule has 0 atom stereocenters. The zero-order valence-electron chi connectivity index (χ0n) is 16.1. The van der Waals surface area contributed by atoms with Crippen molar-refractivity contribution >= 4 is 44.6 Å². The van der Waals surface area contributed by atoms with Crippen LogP contribution >= 0.6 is 27.7 Å². The summed E-state index contributed by atoms with van der Waals surface area (Å²) in [5.74, 6) is 0.648. The molecule has 0 bridgehead atoms. The molecule has 1 aromatic carbocycles. The molecule has 9 heteroatoms. The van der Waals surface area contributed by atoms with E-state index in [0.717, 1.165) is 4.47 Å². The number of nitrogens with zero attached hydrogens (tertiary/aromatic N) is 2. The smallest absolute Gasteiger partial charge is 0.373 e. The van der Waals surface area contributed by atoms with Gasteiger partial charge >= 0.3 is 5.97 Å². The van der Waals surface area contributed by atoms with Gasteiger partial charge in [-0.15, -0.1) is 0 Å². The summed E-state index contributed by atoms with van der Waals surface area (Å²) in [6.07, 6.45) is 0.704. The molecule has 0 spiro atoms. The monoisotopic (exact) mass is 480 g/mol. The minimum atomic E-state index is -0.525. The summed E-state index contributed by atoms with van der Waals surface area (Å²) >= 11 is 4.80. The van der Waals surface area contributed by atoms with Gasteiger partial charge in [0, 0.05) is 24.2 Å². The molecule has 154 valence electrons. The van der Waals surface area contributed by atoms with Crippen molar-refractivity contribution in [3.63, 3.8) is 0 Å². The number of fused-ring (bicyclic) bond motifs is 1. The number of halogens is 1. The first-order chi connectivity index (χ1) is 14.0. The van der Waals surface area contributed by atoms with Crippen LogP contribution in [0, 0.1) is 0 Å². The molecular weight excluding hydrogens is 460 g/mol. The zero-order chi connectivity index (χ0) is 20.8. The number of hydrogen-bond acceptors (Lipinski definition) is 7. The lowest BCUT2D eigenvalue weighted by Gasteiger charge is -2.13. The third-order valence-corrected chi connectivity index (χ3v) is 5.64. The first-order valence-corrected chi connectivity index (χ1v) is 10.9. The van der Waals surface area contributed by atoms with Crippen molar-refractivity contribution < 1.29 is 18.7 Å². The lowest BCUT2D eigenvalue weighted by molar-refractivity contribution is 0.0563. The van der Waals surface area contributed by atoms with Gasteiger partial charge in [-0.25, -0.2) is 9.78 Å². The Morgan fingerprint density at radius 3 is 2.90 bits per heavy atom. The summed E-state index contributed by atoms with van der Waals surface area (Å²) in [5, 5.41) is 1.16. The summed E-state index contributed by atoms with van der Waals surface area (Å²) in [6.45, 7) is 3.65. The molecule has 2 aromatic heterocycles. The highest BCUT2D eigenvalue weighted by atomic mass is 79.9. The summed E-state index contributed by atoms with van der Waals surface area (Å²) in [4.78, 5) is 29.3. The van der Waals surface area contributed by atoms with Gasteiger partial charge in [-0.2, -0.15) is 0 Å². The summed E-state index contributed by atoms with van der Waals surface area (Å²) in [7, 11) is 1.30. The van der Waals surface area contributed by atoms with Crippen LogP contribution in [-0.2, 0) is 21.8 Å². The lowest BCUT2D eigenvalue weighted by Crippen LogP contribution is -2.24. The molecule has 0 unspecified atom stereocenters. The van der Waals surface area contributed by atoms with Gasteiger partial charge < -0.3 is 13.9 Å². The predicted molar refractivity (Wildman–Crippen MR) is 114 cm³/mol. The Bertz CT molecular complexity index is 1060. The predicted octanol–water partition coefficient (Wildman–Crippen LogP) is 4.26. The number of furan rings is 1. The van der Waals surface area contributed by atoms with Crippen LogP contribution in [0.5, 0.6) is 0 Å². The average molecular weight is 481 g/mol. The molecule has 3 aromatic rings. The first-order valence-electron chi connectivity index (χ1n) is 9.11. The van der Waals surface area contributed by atoms with Crippen LogP contribution in [0.2, 0.25) is 0 Å². The van der Waals surface area contributed by atoms with E-state index in [4.69, 9.17) is 9.15 Å². The molecule has 2 heterocycles. The van der Waals surface area contributed by atoms with Crippen LogP contribution in [0.3, 0.4) is 0 Å². The first kappa shape index (κ1) is 21.6. The largest absolute Gasteiger partial charge is 0.463 e. The van der Waals surface area contributed by atoms with Gasteiger partial charge in [-0.1, -0.05) is 27.7 Å². The molecule has 0 fully saturated rings. The molecule has 29 heavy (non-hydrogen) atoms. The van der Waals surface area contributed by atoms with E-state index < -0.39 is 5.97 Å². The van der Waals surface area contributed by atoms with E-state index in [9.17, 15) is 9.59 Å². The van der Waals surface area contributed by atoms with E-state index in [0.29, 0.717) is 53.8 Å². The lowest BCUT2D eigenvalue weighted by atomic mass is 10.2. The van der Waals surface area contributed by atoms with Gasteiger partial charge in [0.2, 0.25) is 5.76 Å². The normalized spacial score (nSPS) is 11.1. The second kappa shape index (κ2) is 10.1. The van der Waals surface area contributed by atoms with Gasteiger partial charge in [0.1, 0.15) is 5.76 Å². The Labute approximate surface area is 180 Å². The van der Waals surface area contributed by atoms with Gasteiger partial charge in [-0.05, 0) is 43.7 Å². The van der Waals surface area contributed by atoms with Gasteiger partial charge in [0.25, 0.3) is 5.56 Å². The fraction of sp³-hybridized carbons (Fsp3) is 0.350. The summed E-state index contributed by atoms with van der Waals surface area (Å²) < 4.78 is 18.1. The van der Waals surface area contributed by atoms with Gasteiger partial charge in [-0.3, -0.25) is 9.36 Å². The molecular formula is C20H21BrN2O5S. The van der Waals surface area contributed by atoms with Crippen LogP contribution in [0.4, 0.5) is 0 Å². The number of carbonyl (C=O) groups excluding carboxylic acids is 1. The maximum Gasteiger partial charge on any atom is 0.373 e. The Balaban J connectivity index is 1.87. The van der Waals surface area contributed by atoms with E-state index in [1.165, 1.54) is 18.9 Å². The highest BCUT2D eigenvalue weighted by Gasteiger charge is 2.15. The summed E-state index contributed by atoms with van der Waals surface area (Å²) in [5.41, 5.74) is 0.543. The number of thioether (sulfide) groups is 1. The highest BCUT2D eigenvalue weighted by Crippen LogP contribution is 2.25. The summed E-state index contributed by atoms with van der Waals surface area (Å²) in [6, 6.07) is 8.75. The third-order valence-electron chi connectivity index (χ3n) is 4.15. The van der Waals surface area contributed by atoms with Crippen LogP contribution in [-0.4, -0.2) is 35.8 Å². The SMILES string of the molecule is CCOCCCn1c(SCc2ccc(C(=O)OC)o2)nc2ccc(Br)cc2c1=O. The second-order valence-electron chi connectivity index (χ2n) is 6.11. The number of ether oxygens (including phenoxy) is 2. The van der Waals surface area contributed by atoms with Crippen LogP contribution in [0.15, 0.2) is 49.2 Å². The number of esters is 1. The maximum atomic E-state index is 13.1. The van der Waals surface area contributed by atoms with E-state index in [-0.39, 0.29) is 11.3 Å². The number of carbonyl (C=O) groups is 1. The van der Waals surface area contributed by atoms with Crippen molar-refractivity contribution in [3.05, 3.63) is 56.7 Å². The highest BCUT2D eigenvalue weighted by molar-refractivity contribution is 9.10. The molecule has 3 rings (SSSR count). The topological polar surface area (TPSA) is 83.6 Å². The molecule has 0 aliphatic rings. The molecule has 0 aliphatic heterocycles. The van der Waals surface area contributed by atoms with Crippen molar-refractivity contribution in [2.24, 2.45) is 0 Å². The minimum Gasteiger partial charge on any atom is -0.463 e. The van der Waals surface area contributed by atoms with Crippen LogP contribution in [0.25, 0.3) is 10.9 Å². The molecule has 0 saturated heterocycles. The maximum absolute atomic E-state index is 13.1. The van der Waals surface area contributed by atoms with Crippen LogP contribution < -0.4 is 5.56 Å². The van der Waals surface area contributed by atoms with Crippen molar-refractivity contribution in [1.29, 1.82) is 0 Å². The number of rotatable bonds is 9. The molecule has 0 saturated carbocycles. The van der Waals surface area contributed by atoms with Crippen molar-refractivity contribution in [2.45, 2.75) is 30.8 Å². The molecule has 0 radical (unpaired) electrons. The van der Waals surface area contributed by atoms with E-state index in [1.54, 1.807) is 22.8 Å². The van der Waals surface area contributed by atoms with Gasteiger partial charge in [0.05, 0.1) is 23.8 Å². The van der Waals surface area contributed by atoms with E-state index >= 15 is 0 Å². The van der Waals surface area contributed by atoms with Crippen LogP contribution in [0.1, 0.15) is 29.7 Å². The van der Waals surface area contributed by atoms with E-state index in [2.05, 4.69) is 25.7 Å². The number of aromatic nitrogens is 2. The molecule has 0 N–H and O–H groups in total. The Kier molecular flexibility index (Phi) is 7.51. The second-order valence-corrected chi connectivity index (χ2v) is 7.97. The number of methoxy groups -OCH3 is 1. The Hall–Kier alpha value is -2.10. The van der Waals surface area contributed by atoms with Crippen molar-refractivity contribution in [2.75, 3.05) is 20.3 Å². The van der Waals surface area contributed by atoms with E-state index in [1.807, 2.05) is 19.1 Å². The zero-order valence-corrected chi connectivity index (χ0v) is 18.5. The Morgan fingerprint density at radius 2 is 2.14 bits per heavy atom. The number of hydrogen-bond donors (Lipinski definition) is 0. The van der Waals surface area contributed by atoms with Crippen molar-refractivity contribution in [3.8, 4) is 0 Å². The van der Waals surface area contributed by atoms with Gasteiger partial charge in [0.15, 0.2) is 5.16 Å². The fourth-order valence-corrected chi connectivity index (χ4v) is 4.03. The van der Waals surface area contributed by atoms with Crippen molar-refractivity contribution in [1.82, 2.24) is 9.55 Å². The number of benzene rings is 1. The molecule has 0 amide bonds.